The Morgan fingerprint density at radius 2 is 1.80 bits per heavy atom. The zero-order valence-electron chi connectivity index (χ0n) is 11.3. The summed E-state index contributed by atoms with van der Waals surface area (Å²) in [5.74, 6) is 1.00. The van der Waals surface area contributed by atoms with Gasteiger partial charge in [0.1, 0.15) is 0 Å². The molecule has 2 N–H and O–H groups in total. The maximum atomic E-state index is 5.96. The van der Waals surface area contributed by atoms with Crippen molar-refractivity contribution in [2.24, 2.45) is 0 Å². The molecule has 2 aromatic heterocycles. The number of benzene rings is 1. The number of nitrogens with two attached hydrogens (primary N) is 1. The number of hydrogen-bond donors (Lipinski definition) is 1. The van der Waals surface area contributed by atoms with Gasteiger partial charge in [-0.1, -0.05) is 35.5 Å². The van der Waals surface area contributed by atoms with E-state index in [0.717, 1.165) is 28.1 Å². The molecule has 100 valence electrons. The lowest BCUT2D eigenvalue weighted by Gasteiger charge is -2.05. The lowest BCUT2D eigenvalue weighted by molar-refractivity contribution is 0.435. The van der Waals surface area contributed by atoms with Crippen molar-refractivity contribution >= 4 is 5.82 Å². The number of anilines is 1. The molecule has 0 unspecified atom stereocenters. The van der Waals surface area contributed by atoms with Gasteiger partial charge in [-0.05, 0) is 25.5 Å². The minimum absolute atomic E-state index is 0.375. The smallest absolute Gasteiger partial charge is 0.178 e. The SMILES string of the molecule is Cc1cc(-c2onc(N)c2-c2ccccc2)c(C)nn1. The molecule has 0 radical (unpaired) electrons. The van der Waals surface area contributed by atoms with E-state index in [1.54, 1.807) is 0 Å². The zero-order valence-corrected chi connectivity index (χ0v) is 11.3. The molecule has 0 aliphatic heterocycles. The molecule has 5 heteroatoms. The molecule has 3 aromatic rings. The van der Waals surface area contributed by atoms with E-state index in [1.165, 1.54) is 0 Å². The summed E-state index contributed by atoms with van der Waals surface area (Å²) in [7, 11) is 0. The fourth-order valence-corrected chi connectivity index (χ4v) is 2.15. The lowest BCUT2D eigenvalue weighted by Crippen LogP contribution is -1.94. The standard InChI is InChI=1S/C15H14N4O/c1-9-8-12(10(2)18-17-9)14-13(15(16)19-20-14)11-6-4-3-5-7-11/h3-8H,1-2H3,(H2,16,19). The Balaban J connectivity index is 2.24. The number of aryl methyl sites for hydroxylation is 2. The molecule has 0 spiro atoms. The van der Waals surface area contributed by atoms with Crippen molar-refractivity contribution < 1.29 is 4.52 Å². The summed E-state index contributed by atoms with van der Waals surface area (Å²) in [6.45, 7) is 3.77. The van der Waals surface area contributed by atoms with Crippen LogP contribution in [0.15, 0.2) is 40.9 Å². The number of aromatic nitrogens is 3. The van der Waals surface area contributed by atoms with Crippen LogP contribution >= 0.6 is 0 Å². The monoisotopic (exact) mass is 266 g/mol. The summed E-state index contributed by atoms with van der Waals surface area (Å²) in [6, 6.07) is 11.7. The normalized spacial score (nSPS) is 10.7. The molecule has 0 amide bonds. The minimum Gasteiger partial charge on any atom is -0.380 e. The molecule has 2 heterocycles. The summed E-state index contributed by atoms with van der Waals surface area (Å²) >= 11 is 0. The summed E-state index contributed by atoms with van der Waals surface area (Å²) < 4.78 is 5.43. The summed E-state index contributed by atoms with van der Waals surface area (Å²) in [4.78, 5) is 0. The number of hydrogen-bond acceptors (Lipinski definition) is 5. The lowest BCUT2D eigenvalue weighted by atomic mass is 10.0. The van der Waals surface area contributed by atoms with Gasteiger partial charge in [-0.3, -0.25) is 0 Å². The zero-order chi connectivity index (χ0) is 14.1. The first-order valence-corrected chi connectivity index (χ1v) is 6.28. The molecule has 0 aliphatic carbocycles. The maximum absolute atomic E-state index is 5.96. The molecular formula is C15H14N4O. The Morgan fingerprint density at radius 3 is 2.55 bits per heavy atom. The molecule has 0 atom stereocenters. The second kappa shape index (κ2) is 4.77. The van der Waals surface area contributed by atoms with Crippen LogP contribution in [0.2, 0.25) is 0 Å². The van der Waals surface area contributed by atoms with Crippen molar-refractivity contribution in [3.05, 3.63) is 47.8 Å². The van der Waals surface area contributed by atoms with Crippen LogP contribution in [0.3, 0.4) is 0 Å². The van der Waals surface area contributed by atoms with Crippen molar-refractivity contribution in [3.63, 3.8) is 0 Å². The molecule has 0 saturated carbocycles. The van der Waals surface area contributed by atoms with E-state index >= 15 is 0 Å². The maximum Gasteiger partial charge on any atom is 0.178 e. The molecule has 0 saturated heterocycles. The predicted octanol–water partition coefficient (Wildman–Crippen LogP) is 3.00. The van der Waals surface area contributed by atoms with Crippen LogP contribution in [0.5, 0.6) is 0 Å². The number of rotatable bonds is 2. The molecule has 1 aromatic carbocycles. The van der Waals surface area contributed by atoms with Gasteiger partial charge in [0.2, 0.25) is 0 Å². The summed E-state index contributed by atoms with van der Waals surface area (Å²) in [6.07, 6.45) is 0. The minimum atomic E-state index is 0.375. The van der Waals surface area contributed by atoms with Gasteiger partial charge >= 0.3 is 0 Å². The van der Waals surface area contributed by atoms with Gasteiger partial charge in [-0.2, -0.15) is 10.2 Å². The average Bonchev–Trinajstić information content (AvgIpc) is 2.84. The molecule has 0 fully saturated rings. The van der Waals surface area contributed by atoms with Crippen LogP contribution in [-0.2, 0) is 0 Å². The largest absolute Gasteiger partial charge is 0.380 e. The topological polar surface area (TPSA) is 77.8 Å². The Bertz CT molecular complexity index is 750. The van der Waals surface area contributed by atoms with Crippen LogP contribution < -0.4 is 5.73 Å². The highest BCUT2D eigenvalue weighted by Crippen LogP contribution is 2.37. The van der Waals surface area contributed by atoms with Crippen molar-refractivity contribution in [3.8, 4) is 22.5 Å². The second-order valence-electron chi connectivity index (χ2n) is 4.62. The molecule has 0 bridgehead atoms. The van der Waals surface area contributed by atoms with Crippen LogP contribution in [0, 0.1) is 13.8 Å². The van der Waals surface area contributed by atoms with Crippen molar-refractivity contribution in [2.45, 2.75) is 13.8 Å². The van der Waals surface area contributed by atoms with E-state index in [9.17, 15) is 0 Å². The first kappa shape index (κ1) is 12.3. The number of nitrogens with zero attached hydrogens (tertiary/aromatic N) is 3. The third kappa shape index (κ3) is 2.03. The molecule has 0 aliphatic rings. The quantitative estimate of drug-likeness (QED) is 0.771. The molecule has 3 rings (SSSR count). The third-order valence-electron chi connectivity index (χ3n) is 3.13. The van der Waals surface area contributed by atoms with Gasteiger partial charge in [0.15, 0.2) is 11.6 Å². The van der Waals surface area contributed by atoms with Gasteiger partial charge in [0, 0.05) is 5.56 Å². The number of nitrogen functional groups attached to an aromatic ring is 1. The van der Waals surface area contributed by atoms with Gasteiger partial charge in [0.05, 0.1) is 17.0 Å². The van der Waals surface area contributed by atoms with E-state index < -0.39 is 0 Å². The van der Waals surface area contributed by atoms with Crippen molar-refractivity contribution in [1.29, 1.82) is 0 Å². The highest BCUT2D eigenvalue weighted by atomic mass is 16.5. The molecular weight excluding hydrogens is 252 g/mol. The van der Waals surface area contributed by atoms with Crippen molar-refractivity contribution in [2.75, 3.05) is 5.73 Å². The summed E-state index contributed by atoms with van der Waals surface area (Å²) in [5.41, 5.74) is 10.2. The van der Waals surface area contributed by atoms with Gasteiger partial charge < -0.3 is 10.3 Å². The Labute approximate surface area is 116 Å². The van der Waals surface area contributed by atoms with E-state index in [2.05, 4.69) is 15.4 Å². The van der Waals surface area contributed by atoms with Gasteiger partial charge in [-0.15, -0.1) is 0 Å². The fraction of sp³-hybridized carbons (Fsp3) is 0.133. The Hall–Kier alpha value is -2.69. The van der Waals surface area contributed by atoms with E-state index in [1.807, 2.05) is 50.2 Å². The van der Waals surface area contributed by atoms with E-state index in [0.29, 0.717) is 11.6 Å². The Morgan fingerprint density at radius 1 is 1.05 bits per heavy atom. The highest BCUT2D eigenvalue weighted by Gasteiger charge is 2.19. The van der Waals surface area contributed by atoms with Gasteiger partial charge in [0.25, 0.3) is 0 Å². The van der Waals surface area contributed by atoms with Crippen LogP contribution in [0.25, 0.3) is 22.5 Å². The van der Waals surface area contributed by atoms with Crippen molar-refractivity contribution in [1.82, 2.24) is 15.4 Å². The highest BCUT2D eigenvalue weighted by molar-refractivity contribution is 5.87. The van der Waals surface area contributed by atoms with Crippen LogP contribution in [0.1, 0.15) is 11.4 Å². The molecule has 20 heavy (non-hydrogen) atoms. The average molecular weight is 266 g/mol. The van der Waals surface area contributed by atoms with Crippen LogP contribution in [0.4, 0.5) is 5.82 Å². The summed E-state index contributed by atoms with van der Waals surface area (Å²) in [5, 5.41) is 12.0. The van der Waals surface area contributed by atoms with E-state index in [-0.39, 0.29) is 0 Å². The van der Waals surface area contributed by atoms with Crippen LogP contribution in [-0.4, -0.2) is 15.4 Å². The first-order valence-electron chi connectivity index (χ1n) is 6.28. The fourth-order valence-electron chi connectivity index (χ4n) is 2.15. The molecule has 5 nitrogen and oxygen atoms in total. The Kier molecular flexibility index (Phi) is 2.95. The third-order valence-corrected chi connectivity index (χ3v) is 3.13. The predicted molar refractivity (Wildman–Crippen MR) is 76.9 cm³/mol. The van der Waals surface area contributed by atoms with E-state index in [4.69, 9.17) is 10.3 Å². The van der Waals surface area contributed by atoms with Gasteiger partial charge in [-0.25, -0.2) is 0 Å². The first-order chi connectivity index (χ1) is 9.66. The second-order valence-corrected chi connectivity index (χ2v) is 4.62.